The average Bonchev–Trinajstić information content (AvgIpc) is 3.58. The van der Waals surface area contributed by atoms with Gasteiger partial charge in [-0.25, -0.2) is 0 Å². The van der Waals surface area contributed by atoms with Crippen LogP contribution in [0.5, 0.6) is 5.75 Å². The number of nitrogens with one attached hydrogen (secondary N) is 2. The molecule has 6 rings (SSSR count). The van der Waals surface area contributed by atoms with Crippen molar-refractivity contribution in [2.45, 2.75) is 77.3 Å². The molecule has 8 atom stereocenters. The molecule has 0 aromatic heterocycles. The topological polar surface area (TPSA) is 97.0 Å². The standard InChI is InChI=1S/C34H41N3O5/c1-19-14-20(2)16-24(15-19)35-31(38)28-27-12-13-34(42-27)29(28)33(40)37(18-23-9-7-10-25(17-23)41-5)30(34)32(39)36-26-11-6-8-21(3)22(26)4/h7,9-10,12-17,21-22,26-30H,6,8,11,18H2,1-5H3,(H,35,38)(H,36,39). The highest BCUT2D eigenvalue weighted by molar-refractivity contribution is 6.02. The van der Waals surface area contributed by atoms with Gasteiger partial charge in [0.2, 0.25) is 17.7 Å². The van der Waals surface area contributed by atoms with Crippen molar-refractivity contribution >= 4 is 23.4 Å². The van der Waals surface area contributed by atoms with E-state index in [-0.39, 0.29) is 30.3 Å². The van der Waals surface area contributed by atoms with Gasteiger partial charge in [-0.1, -0.05) is 57.0 Å². The molecular weight excluding hydrogens is 530 g/mol. The average molecular weight is 572 g/mol. The Balaban J connectivity index is 1.34. The number of nitrogens with zero attached hydrogens (tertiary/aromatic N) is 1. The molecule has 3 aliphatic heterocycles. The van der Waals surface area contributed by atoms with E-state index in [1.165, 1.54) is 0 Å². The second-order valence-electron chi connectivity index (χ2n) is 12.8. The normalized spacial score (nSPS) is 33.0. The van der Waals surface area contributed by atoms with Crippen LogP contribution >= 0.6 is 0 Å². The maximum atomic E-state index is 14.4. The first kappa shape index (κ1) is 28.5. The maximum absolute atomic E-state index is 14.4. The van der Waals surface area contributed by atoms with Crippen molar-refractivity contribution in [2.24, 2.45) is 23.7 Å². The van der Waals surface area contributed by atoms with Crippen LogP contribution < -0.4 is 15.4 Å². The zero-order valence-electron chi connectivity index (χ0n) is 25.1. The molecule has 2 aromatic carbocycles. The summed E-state index contributed by atoms with van der Waals surface area (Å²) in [6.07, 6.45) is 6.26. The number of ether oxygens (including phenoxy) is 2. The van der Waals surface area contributed by atoms with E-state index in [9.17, 15) is 14.4 Å². The zero-order valence-corrected chi connectivity index (χ0v) is 25.1. The van der Waals surface area contributed by atoms with Gasteiger partial charge in [0.05, 0.1) is 25.0 Å². The summed E-state index contributed by atoms with van der Waals surface area (Å²) < 4.78 is 12.0. The number of carbonyl (C=O) groups is 3. The van der Waals surface area contributed by atoms with Crippen molar-refractivity contribution in [3.63, 3.8) is 0 Å². The number of hydrogen-bond donors (Lipinski definition) is 2. The van der Waals surface area contributed by atoms with Gasteiger partial charge in [-0.2, -0.15) is 0 Å². The molecule has 2 N–H and O–H groups in total. The number of methoxy groups -OCH3 is 1. The van der Waals surface area contributed by atoms with Crippen LogP contribution in [0.4, 0.5) is 5.69 Å². The third-order valence-electron chi connectivity index (χ3n) is 9.94. The van der Waals surface area contributed by atoms with Crippen molar-refractivity contribution in [3.05, 3.63) is 71.3 Å². The number of benzene rings is 2. The summed E-state index contributed by atoms with van der Waals surface area (Å²) in [5.74, 6) is -0.781. The van der Waals surface area contributed by atoms with E-state index in [0.29, 0.717) is 23.3 Å². The predicted octanol–water partition coefficient (Wildman–Crippen LogP) is 4.54. The summed E-state index contributed by atoms with van der Waals surface area (Å²) in [6.45, 7) is 8.59. The number of anilines is 1. The van der Waals surface area contributed by atoms with Crippen molar-refractivity contribution < 1.29 is 23.9 Å². The fourth-order valence-electron chi connectivity index (χ4n) is 7.73. The van der Waals surface area contributed by atoms with Crippen LogP contribution in [0.25, 0.3) is 0 Å². The van der Waals surface area contributed by atoms with Gasteiger partial charge in [0.15, 0.2) is 0 Å². The lowest BCUT2D eigenvalue weighted by molar-refractivity contribution is -0.142. The lowest BCUT2D eigenvalue weighted by Crippen LogP contribution is -2.57. The van der Waals surface area contributed by atoms with Crippen molar-refractivity contribution in [1.82, 2.24) is 10.2 Å². The molecule has 42 heavy (non-hydrogen) atoms. The van der Waals surface area contributed by atoms with Gasteiger partial charge in [-0.3, -0.25) is 14.4 Å². The van der Waals surface area contributed by atoms with Gasteiger partial charge in [-0.05, 0) is 73.1 Å². The van der Waals surface area contributed by atoms with E-state index in [1.54, 1.807) is 12.0 Å². The molecule has 1 spiro atoms. The molecular formula is C34H41N3O5. The Morgan fingerprint density at radius 3 is 2.57 bits per heavy atom. The maximum Gasteiger partial charge on any atom is 0.246 e. The zero-order chi connectivity index (χ0) is 29.8. The van der Waals surface area contributed by atoms with E-state index < -0.39 is 29.6 Å². The van der Waals surface area contributed by atoms with E-state index in [4.69, 9.17) is 9.47 Å². The summed E-state index contributed by atoms with van der Waals surface area (Å²) in [5, 5.41) is 6.35. The number of fused-ring (bicyclic) bond motifs is 1. The minimum atomic E-state index is -1.21. The second kappa shape index (κ2) is 10.9. The number of carbonyl (C=O) groups excluding carboxylic acids is 3. The van der Waals surface area contributed by atoms with Gasteiger partial charge in [0.25, 0.3) is 0 Å². The minimum Gasteiger partial charge on any atom is -0.497 e. The number of rotatable bonds is 7. The summed E-state index contributed by atoms with van der Waals surface area (Å²) in [5.41, 5.74) is 2.39. The van der Waals surface area contributed by atoms with Crippen molar-refractivity contribution in [3.8, 4) is 5.75 Å². The molecule has 2 bridgehead atoms. The fraction of sp³-hybridized carbons (Fsp3) is 0.500. The fourth-order valence-corrected chi connectivity index (χ4v) is 7.73. The highest BCUT2D eigenvalue weighted by Gasteiger charge is 2.72. The van der Waals surface area contributed by atoms with E-state index in [2.05, 4.69) is 24.5 Å². The summed E-state index contributed by atoms with van der Waals surface area (Å²) in [7, 11) is 1.60. The first-order valence-corrected chi connectivity index (χ1v) is 15.1. The quantitative estimate of drug-likeness (QED) is 0.476. The largest absolute Gasteiger partial charge is 0.497 e. The molecule has 2 saturated heterocycles. The molecule has 0 radical (unpaired) electrons. The summed E-state index contributed by atoms with van der Waals surface area (Å²) in [4.78, 5) is 44.0. The second-order valence-corrected chi connectivity index (χ2v) is 12.8. The smallest absolute Gasteiger partial charge is 0.246 e. The molecule has 8 unspecified atom stereocenters. The van der Waals surface area contributed by atoms with Crippen molar-refractivity contribution in [1.29, 1.82) is 0 Å². The number of aryl methyl sites for hydroxylation is 2. The number of likely N-dealkylation sites (tertiary alicyclic amines) is 1. The number of hydrogen-bond acceptors (Lipinski definition) is 5. The molecule has 3 fully saturated rings. The summed E-state index contributed by atoms with van der Waals surface area (Å²) >= 11 is 0. The van der Waals surface area contributed by atoms with E-state index in [0.717, 1.165) is 36.0 Å². The molecule has 1 saturated carbocycles. The third-order valence-corrected chi connectivity index (χ3v) is 9.94. The lowest BCUT2D eigenvalue weighted by atomic mass is 9.73. The monoisotopic (exact) mass is 571 g/mol. The Kier molecular flexibility index (Phi) is 7.37. The minimum absolute atomic E-state index is 0.0247. The van der Waals surface area contributed by atoms with E-state index >= 15 is 0 Å². The Morgan fingerprint density at radius 1 is 1.07 bits per heavy atom. The molecule has 2 aromatic rings. The molecule has 8 nitrogen and oxygen atoms in total. The van der Waals surface area contributed by atoms with Crippen LogP contribution in [0.1, 0.15) is 49.8 Å². The molecule has 3 amide bonds. The van der Waals surface area contributed by atoms with Crippen LogP contribution in [0.15, 0.2) is 54.6 Å². The van der Waals surface area contributed by atoms with Crippen LogP contribution in [0.2, 0.25) is 0 Å². The Bertz CT molecular complexity index is 1420. The molecule has 1 aliphatic carbocycles. The Hall–Kier alpha value is -3.65. The predicted molar refractivity (Wildman–Crippen MR) is 160 cm³/mol. The Labute approximate surface area is 247 Å². The highest BCUT2D eigenvalue weighted by atomic mass is 16.5. The Morgan fingerprint density at radius 2 is 1.83 bits per heavy atom. The first-order valence-electron chi connectivity index (χ1n) is 15.1. The third kappa shape index (κ3) is 4.79. The van der Waals surface area contributed by atoms with Gasteiger partial charge in [0, 0.05) is 18.3 Å². The lowest BCUT2D eigenvalue weighted by Gasteiger charge is -2.38. The number of amides is 3. The first-order chi connectivity index (χ1) is 20.1. The van der Waals surface area contributed by atoms with Gasteiger partial charge in [-0.15, -0.1) is 0 Å². The molecule has 8 heteroatoms. The molecule has 222 valence electrons. The van der Waals surface area contributed by atoms with Crippen LogP contribution in [0.3, 0.4) is 0 Å². The van der Waals surface area contributed by atoms with Crippen LogP contribution in [-0.4, -0.2) is 53.5 Å². The van der Waals surface area contributed by atoms with E-state index in [1.807, 2.05) is 68.5 Å². The SMILES string of the molecule is COc1cccc(CN2C(=O)C3C(C(=O)Nc4cc(C)cc(C)c4)C4C=CC3(O4)C2C(=O)NC2CCCC(C)C2C)c1. The van der Waals surface area contributed by atoms with Crippen LogP contribution in [0, 0.1) is 37.5 Å². The van der Waals surface area contributed by atoms with Crippen LogP contribution in [-0.2, 0) is 25.7 Å². The van der Waals surface area contributed by atoms with Gasteiger partial charge >= 0.3 is 0 Å². The van der Waals surface area contributed by atoms with Crippen molar-refractivity contribution in [2.75, 3.05) is 12.4 Å². The highest BCUT2D eigenvalue weighted by Crippen LogP contribution is 2.55. The molecule has 3 heterocycles. The van der Waals surface area contributed by atoms with Gasteiger partial charge in [0.1, 0.15) is 17.4 Å². The van der Waals surface area contributed by atoms with Gasteiger partial charge < -0.3 is 25.0 Å². The summed E-state index contributed by atoms with van der Waals surface area (Å²) in [6, 6.07) is 12.5. The molecule has 4 aliphatic rings.